The number of hydrogen-bond donors (Lipinski definition) is 1. The summed E-state index contributed by atoms with van der Waals surface area (Å²) in [6.45, 7) is 0. The summed E-state index contributed by atoms with van der Waals surface area (Å²) in [6, 6.07) is 6.90. The number of nitrogens with two attached hydrogens (primary N) is 1. The molecule has 0 spiro atoms. The average molecular weight is 291 g/mol. The van der Waals surface area contributed by atoms with Gasteiger partial charge in [-0.3, -0.25) is 4.79 Å². The van der Waals surface area contributed by atoms with E-state index in [1.165, 1.54) is 0 Å². The molecule has 20 heavy (non-hydrogen) atoms. The largest absolute Gasteiger partial charge is 0.315 e. The molecule has 2 aromatic rings. The summed E-state index contributed by atoms with van der Waals surface area (Å²) in [4.78, 5) is 12.8. The molecule has 1 fully saturated rings. The maximum absolute atomic E-state index is 12.8. The summed E-state index contributed by atoms with van der Waals surface area (Å²) in [5.74, 6) is -0.0534. The van der Waals surface area contributed by atoms with Crippen LogP contribution in [0.2, 0.25) is 5.02 Å². The van der Waals surface area contributed by atoms with Gasteiger partial charge in [0.05, 0.1) is 6.20 Å². The van der Waals surface area contributed by atoms with Crippen molar-refractivity contribution in [2.24, 2.45) is 5.73 Å². The van der Waals surface area contributed by atoms with Crippen molar-refractivity contribution in [3.63, 3.8) is 0 Å². The van der Waals surface area contributed by atoms with Crippen molar-refractivity contribution >= 4 is 17.4 Å². The lowest BCUT2D eigenvalue weighted by molar-refractivity contribution is -0.130. The first-order valence-corrected chi connectivity index (χ1v) is 6.95. The average Bonchev–Trinajstić information content (AvgIpc) is 2.96. The Labute approximate surface area is 121 Å². The van der Waals surface area contributed by atoms with Gasteiger partial charge < -0.3 is 5.73 Å². The minimum atomic E-state index is -1.05. The molecule has 5 nitrogen and oxygen atoms in total. The van der Waals surface area contributed by atoms with Gasteiger partial charge in [0.25, 0.3) is 0 Å². The number of rotatable bonds is 2. The molecule has 0 bridgehead atoms. The van der Waals surface area contributed by atoms with E-state index < -0.39 is 5.54 Å². The van der Waals surface area contributed by atoms with Gasteiger partial charge in [-0.05, 0) is 30.9 Å². The second kappa shape index (κ2) is 5.00. The van der Waals surface area contributed by atoms with Gasteiger partial charge in [0, 0.05) is 11.2 Å². The van der Waals surface area contributed by atoms with Crippen molar-refractivity contribution in [2.45, 2.75) is 30.8 Å². The molecule has 3 rings (SSSR count). The van der Waals surface area contributed by atoms with Crippen molar-refractivity contribution < 1.29 is 4.79 Å². The molecule has 0 saturated heterocycles. The highest BCUT2D eigenvalue weighted by Crippen LogP contribution is 2.39. The third-order valence-corrected chi connectivity index (χ3v) is 4.24. The summed E-state index contributed by atoms with van der Waals surface area (Å²) < 4.78 is 1.58. The lowest BCUT2D eigenvalue weighted by Crippen LogP contribution is -2.51. The highest BCUT2D eigenvalue weighted by Gasteiger charge is 2.45. The molecule has 104 valence electrons. The van der Waals surface area contributed by atoms with E-state index in [9.17, 15) is 4.79 Å². The van der Waals surface area contributed by atoms with Crippen LogP contribution >= 0.6 is 11.6 Å². The Kier molecular flexibility index (Phi) is 3.31. The molecule has 1 heterocycles. The van der Waals surface area contributed by atoms with Gasteiger partial charge in [-0.15, -0.1) is 5.10 Å². The summed E-state index contributed by atoms with van der Waals surface area (Å²) >= 11 is 6.22. The molecule has 1 aromatic heterocycles. The molecule has 1 aliphatic rings. The highest BCUT2D eigenvalue weighted by atomic mass is 35.5. The Balaban J connectivity index is 2.01. The maximum Gasteiger partial charge on any atom is 0.181 e. The zero-order chi connectivity index (χ0) is 14.2. The number of halogens is 1. The summed E-state index contributed by atoms with van der Waals surface area (Å²) in [7, 11) is 0. The van der Waals surface area contributed by atoms with Crippen LogP contribution in [0.1, 0.15) is 30.9 Å². The first-order valence-electron chi connectivity index (χ1n) is 6.57. The monoisotopic (exact) mass is 290 g/mol. The summed E-state index contributed by atoms with van der Waals surface area (Å²) in [6.07, 6.45) is 5.43. The predicted molar refractivity (Wildman–Crippen MR) is 75.2 cm³/mol. The van der Waals surface area contributed by atoms with Crippen LogP contribution in [0.5, 0.6) is 0 Å². The van der Waals surface area contributed by atoms with Gasteiger partial charge in [0.15, 0.2) is 5.78 Å². The molecule has 2 N–H and O–H groups in total. The predicted octanol–water partition coefficient (Wildman–Crippen LogP) is 2.08. The fourth-order valence-corrected chi connectivity index (χ4v) is 3.16. The van der Waals surface area contributed by atoms with Crippen LogP contribution in [-0.4, -0.2) is 20.8 Å². The van der Waals surface area contributed by atoms with E-state index in [1.807, 2.05) is 18.2 Å². The molecule has 2 unspecified atom stereocenters. The van der Waals surface area contributed by atoms with E-state index in [0.29, 0.717) is 17.0 Å². The van der Waals surface area contributed by atoms with Crippen LogP contribution in [0.25, 0.3) is 0 Å². The minimum Gasteiger partial charge on any atom is -0.315 e. The van der Waals surface area contributed by atoms with Crippen LogP contribution in [0.4, 0.5) is 0 Å². The number of aromatic nitrogens is 3. The Bertz CT molecular complexity index is 628. The minimum absolute atomic E-state index is 0.0534. The maximum atomic E-state index is 12.8. The number of benzene rings is 1. The molecule has 1 aliphatic carbocycles. The molecule has 6 heteroatoms. The second-order valence-corrected chi connectivity index (χ2v) is 5.51. The van der Waals surface area contributed by atoms with Crippen molar-refractivity contribution in [3.05, 3.63) is 47.2 Å². The Morgan fingerprint density at radius 2 is 2.20 bits per heavy atom. The zero-order valence-electron chi connectivity index (χ0n) is 10.9. The van der Waals surface area contributed by atoms with Crippen molar-refractivity contribution in [1.82, 2.24) is 15.0 Å². The van der Waals surface area contributed by atoms with Crippen molar-refractivity contribution in [1.29, 1.82) is 0 Å². The van der Waals surface area contributed by atoms with Crippen molar-refractivity contribution in [2.75, 3.05) is 0 Å². The number of nitrogens with zero attached hydrogens (tertiary/aromatic N) is 3. The normalized spacial score (nSPS) is 26.7. The van der Waals surface area contributed by atoms with Crippen LogP contribution in [0, 0.1) is 0 Å². The first-order chi connectivity index (χ1) is 9.63. The van der Waals surface area contributed by atoms with Gasteiger partial charge in [0.1, 0.15) is 11.6 Å². The lowest BCUT2D eigenvalue weighted by atomic mass is 9.74. The second-order valence-electron chi connectivity index (χ2n) is 5.11. The van der Waals surface area contributed by atoms with E-state index in [4.69, 9.17) is 17.3 Å². The van der Waals surface area contributed by atoms with Gasteiger partial charge >= 0.3 is 0 Å². The fourth-order valence-electron chi connectivity index (χ4n) is 2.85. The topological polar surface area (TPSA) is 73.8 Å². The van der Waals surface area contributed by atoms with Gasteiger partial charge in [-0.2, -0.15) is 0 Å². The molecule has 2 atom stereocenters. The van der Waals surface area contributed by atoms with Crippen molar-refractivity contribution in [3.8, 4) is 0 Å². The third kappa shape index (κ3) is 2.03. The molecule has 0 amide bonds. The Morgan fingerprint density at radius 3 is 2.90 bits per heavy atom. The summed E-state index contributed by atoms with van der Waals surface area (Å²) in [5.41, 5.74) is 6.07. The number of Topliss-reactive ketones (excluding diaryl/α,β-unsaturated/α-hetero) is 1. The van der Waals surface area contributed by atoms with E-state index in [-0.39, 0.29) is 11.8 Å². The zero-order valence-corrected chi connectivity index (χ0v) is 11.6. The van der Waals surface area contributed by atoms with Gasteiger partial charge in [0.2, 0.25) is 0 Å². The Morgan fingerprint density at radius 1 is 1.40 bits per heavy atom. The molecular formula is C14H15ClN4O. The number of hydrogen-bond acceptors (Lipinski definition) is 4. The van der Waals surface area contributed by atoms with Crippen LogP contribution in [0.3, 0.4) is 0 Å². The van der Waals surface area contributed by atoms with Gasteiger partial charge in [-0.1, -0.05) is 35.0 Å². The van der Waals surface area contributed by atoms with Crippen LogP contribution in [0.15, 0.2) is 36.7 Å². The third-order valence-electron chi connectivity index (χ3n) is 3.91. The standard InChI is InChI=1S/C14H15ClN4O/c15-11-5-2-1-4-10(11)14(16)7-3-6-12(13(14)20)19-9-8-17-18-19/h1-2,4-5,8-9,12H,3,6-7,16H2. The quantitative estimate of drug-likeness (QED) is 0.919. The highest BCUT2D eigenvalue weighted by molar-refractivity contribution is 6.31. The number of carbonyl (C=O) groups is 1. The van der Waals surface area contributed by atoms with Crippen LogP contribution in [-0.2, 0) is 10.3 Å². The summed E-state index contributed by atoms with van der Waals surface area (Å²) in [5, 5.41) is 8.22. The number of carbonyl (C=O) groups excluding carboxylic acids is 1. The Hall–Kier alpha value is -1.72. The molecular weight excluding hydrogens is 276 g/mol. The lowest BCUT2D eigenvalue weighted by Gasteiger charge is -2.37. The van der Waals surface area contributed by atoms with Crippen LogP contribution < -0.4 is 5.73 Å². The number of ketones is 1. The molecule has 0 aliphatic heterocycles. The van der Waals surface area contributed by atoms with E-state index >= 15 is 0 Å². The molecule has 1 saturated carbocycles. The molecule has 0 radical (unpaired) electrons. The molecule has 1 aromatic carbocycles. The first kappa shape index (κ1) is 13.3. The van der Waals surface area contributed by atoms with E-state index in [0.717, 1.165) is 12.8 Å². The van der Waals surface area contributed by atoms with E-state index in [1.54, 1.807) is 23.1 Å². The fraction of sp³-hybridized carbons (Fsp3) is 0.357. The smallest absolute Gasteiger partial charge is 0.181 e. The SMILES string of the molecule is NC1(c2ccccc2Cl)CCCC(n2ccnn2)C1=O. The van der Waals surface area contributed by atoms with Gasteiger partial charge in [-0.25, -0.2) is 4.68 Å². The van der Waals surface area contributed by atoms with E-state index in [2.05, 4.69) is 10.3 Å².